The fraction of sp³-hybridized carbons (Fsp3) is 0.333. The molecule has 0 aromatic carbocycles. The molecule has 26 heavy (non-hydrogen) atoms. The van der Waals surface area contributed by atoms with Crippen molar-refractivity contribution in [3.63, 3.8) is 0 Å². The van der Waals surface area contributed by atoms with Crippen LogP contribution in [0, 0.1) is 0 Å². The second-order valence-electron chi connectivity index (χ2n) is 5.38. The highest BCUT2D eigenvalue weighted by Gasteiger charge is 2.18. The summed E-state index contributed by atoms with van der Waals surface area (Å²) in [5.74, 6) is 0.306. The van der Waals surface area contributed by atoms with Gasteiger partial charge in [-0.1, -0.05) is 18.7 Å². The van der Waals surface area contributed by atoms with Crippen LogP contribution in [0.2, 0.25) is 0 Å². The number of amides is 1. The lowest BCUT2D eigenvalue weighted by molar-refractivity contribution is -0.113. The zero-order valence-corrected chi connectivity index (χ0v) is 16.0. The van der Waals surface area contributed by atoms with Crippen molar-refractivity contribution in [1.29, 1.82) is 0 Å². The van der Waals surface area contributed by atoms with E-state index in [9.17, 15) is 14.4 Å². The van der Waals surface area contributed by atoms with E-state index in [0.717, 1.165) is 16.3 Å². The van der Waals surface area contributed by atoms with Crippen LogP contribution >= 0.6 is 23.1 Å². The molecule has 0 spiro atoms. The maximum Gasteiger partial charge on any atom is 0.332 e. The van der Waals surface area contributed by atoms with E-state index in [0.29, 0.717) is 22.4 Å². The number of nitrogens with one attached hydrogen (secondary N) is 1. The topological polar surface area (TPSA) is 112 Å². The molecule has 0 aliphatic carbocycles. The number of aromatic nitrogens is 5. The Morgan fingerprint density at radius 2 is 2.04 bits per heavy atom. The summed E-state index contributed by atoms with van der Waals surface area (Å²) < 4.78 is 2.33. The molecule has 0 atom stereocenters. The van der Waals surface area contributed by atoms with E-state index < -0.39 is 11.2 Å². The lowest BCUT2D eigenvalue weighted by Crippen LogP contribution is -2.37. The molecule has 9 nitrogen and oxygen atoms in total. The quantitative estimate of drug-likeness (QED) is 0.504. The van der Waals surface area contributed by atoms with Crippen LogP contribution in [-0.4, -0.2) is 35.7 Å². The summed E-state index contributed by atoms with van der Waals surface area (Å²) in [6.45, 7) is 1.88. The van der Waals surface area contributed by atoms with Crippen LogP contribution < -0.4 is 16.6 Å². The molecule has 3 rings (SSSR count). The van der Waals surface area contributed by atoms with Gasteiger partial charge in [-0.15, -0.1) is 11.3 Å². The molecule has 0 unspecified atom stereocenters. The van der Waals surface area contributed by atoms with Crippen LogP contribution in [0.25, 0.3) is 11.0 Å². The molecule has 0 saturated heterocycles. The minimum atomic E-state index is -0.478. The van der Waals surface area contributed by atoms with Gasteiger partial charge in [0.05, 0.1) is 5.75 Å². The van der Waals surface area contributed by atoms with E-state index in [4.69, 9.17) is 0 Å². The highest BCUT2D eigenvalue weighted by Crippen LogP contribution is 2.23. The average molecular weight is 392 g/mol. The summed E-state index contributed by atoms with van der Waals surface area (Å²) in [4.78, 5) is 49.5. The third-order valence-corrected chi connectivity index (χ3v) is 5.31. The number of thioether (sulfide) groups is 1. The predicted octanol–water partition coefficient (Wildman–Crippen LogP) is 0.777. The zero-order valence-electron chi connectivity index (χ0n) is 14.3. The molecular formula is C15H16N6O3S2. The third kappa shape index (κ3) is 3.40. The van der Waals surface area contributed by atoms with Crippen molar-refractivity contribution in [2.75, 3.05) is 11.1 Å². The van der Waals surface area contributed by atoms with Crippen LogP contribution in [0.1, 0.15) is 12.7 Å². The Labute approximate surface area is 156 Å². The molecule has 0 bridgehead atoms. The number of rotatable bonds is 5. The van der Waals surface area contributed by atoms with Crippen molar-refractivity contribution in [3.8, 4) is 0 Å². The Bertz CT molecular complexity index is 1090. The number of thiazole rings is 1. The van der Waals surface area contributed by atoms with Crippen LogP contribution in [0.4, 0.5) is 5.13 Å². The Morgan fingerprint density at radius 1 is 1.27 bits per heavy atom. The van der Waals surface area contributed by atoms with Gasteiger partial charge in [-0.05, 0) is 0 Å². The second kappa shape index (κ2) is 7.38. The van der Waals surface area contributed by atoms with E-state index in [2.05, 4.69) is 20.3 Å². The van der Waals surface area contributed by atoms with Gasteiger partial charge in [-0.25, -0.2) is 19.7 Å². The van der Waals surface area contributed by atoms with E-state index >= 15 is 0 Å². The molecule has 0 radical (unpaired) electrons. The normalized spacial score (nSPS) is 11.0. The number of carbonyl (C=O) groups excluding carboxylic acids is 1. The van der Waals surface area contributed by atoms with Crippen molar-refractivity contribution >= 4 is 45.2 Å². The van der Waals surface area contributed by atoms with Gasteiger partial charge >= 0.3 is 5.69 Å². The Balaban J connectivity index is 2.00. The molecule has 0 aliphatic heterocycles. The standard InChI is InChI=1S/C15H16N6O3S2/c1-4-8-17-11-10(13(23)21(3)15(24)20(11)2)12(18-8)26-7-9(22)19-14-16-5-6-25-14/h5-6H,4,7H2,1-3H3,(H,16,19,22). The van der Waals surface area contributed by atoms with E-state index in [1.165, 1.54) is 23.0 Å². The molecule has 11 heteroatoms. The molecule has 3 heterocycles. The van der Waals surface area contributed by atoms with Crippen molar-refractivity contribution < 1.29 is 4.79 Å². The minimum Gasteiger partial charge on any atom is -0.301 e. The molecule has 3 aromatic rings. The Morgan fingerprint density at radius 3 is 2.69 bits per heavy atom. The van der Waals surface area contributed by atoms with Gasteiger partial charge in [0.2, 0.25) is 5.91 Å². The molecule has 0 aliphatic rings. The monoisotopic (exact) mass is 392 g/mol. The number of anilines is 1. The van der Waals surface area contributed by atoms with Gasteiger partial charge in [0.1, 0.15) is 16.2 Å². The zero-order chi connectivity index (χ0) is 18.8. The average Bonchev–Trinajstić information content (AvgIpc) is 3.15. The van der Waals surface area contributed by atoms with E-state index in [1.807, 2.05) is 6.92 Å². The highest BCUT2D eigenvalue weighted by atomic mass is 32.2. The Hall–Kier alpha value is -2.53. The van der Waals surface area contributed by atoms with Crippen molar-refractivity contribution in [1.82, 2.24) is 24.1 Å². The van der Waals surface area contributed by atoms with Gasteiger partial charge < -0.3 is 5.32 Å². The summed E-state index contributed by atoms with van der Waals surface area (Å²) in [5, 5.41) is 5.57. The maximum atomic E-state index is 12.6. The first-order valence-electron chi connectivity index (χ1n) is 7.71. The maximum absolute atomic E-state index is 12.6. The van der Waals surface area contributed by atoms with Crippen molar-refractivity contribution in [2.24, 2.45) is 14.1 Å². The summed E-state index contributed by atoms with van der Waals surface area (Å²) in [7, 11) is 2.96. The van der Waals surface area contributed by atoms with Gasteiger partial charge in [-0.3, -0.25) is 18.7 Å². The smallest absolute Gasteiger partial charge is 0.301 e. The minimum absolute atomic E-state index is 0.0564. The highest BCUT2D eigenvalue weighted by molar-refractivity contribution is 8.00. The lowest BCUT2D eigenvalue weighted by atomic mass is 10.3. The third-order valence-electron chi connectivity index (χ3n) is 3.65. The molecule has 3 aromatic heterocycles. The van der Waals surface area contributed by atoms with E-state index in [-0.39, 0.29) is 22.7 Å². The summed E-state index contributed by atoms with van der Waals surface area (Å²) in [6.07, 6.45) is 2.14. The van der Waals surface area contributed by atoms with Crippen LogP contribution in [-0.2, 0) is 25.3 Å². The molecule has 1 N–H and O–H groups in total. The molecule has 0 saturated carbocycles. The number of nitrogens with zero attached hydrogens (tertiary/aromatic N) is 5. The fourth-order valence-electron chi connectivity index (χ4n) is 2.31. The summed E-state index contributed by atoms with van der Waals surface area (Å²) in [6, 6.07) is 0. The van der Waals surface area contributed by atoms with Gasteiger partial charge in [0.25, 0.3) is 5.56 Å². The number of fused-ring (bicyclic) bond motifs is 1. The van der Waals surface area contributed by atoms with Crippen molar-refractivity contribution in [3.05, 3.63) is 38.2 Å². The first-order valence-corrected chi connectivity index (χ1v) is 9.57. The van der Waals surface area contributed by atoms with Gasteiger partial charge in [0.15, 0.2) is 10.8 Å². The molecule has 136 valence electrons. The first-order chi connectivity index (χ1) is 12.4. The van der Waals surface area contributed by atoms with Crippen LogP contribution in [0.5, 0.6) is 0 Å². The number of carbonyl (C=O) groups is 1. The molecule has 0 fully saturated rings. The predicted molar refractivity (Wildman–Crippen MR) is 101 cm³/mol. The van der Waals surface area contributed by atoms with Gasteiger partial charge in [-0.2, -0.15) is 0 Å². The summed E-state index contributed by atoms with van der Waals surface area (Å²) >= 11 is 2.45. The summed E-state index contributed by atoms with van der Waals surface area (Å²) in [5.41, 5.74) is -0.665. The molecule has 1 amide bonds. The van der Waals surface area contributed by atoms with E-state index in [1.54, 1.807) is 18.6 Å². The largest absolute Gasteiger partial charge is 0.332 e. The molecular weight excluding hydrogens is 376 g/mol. The van der Waals surface area contributed by atoms with Gasteiger partial charge in [0, 0.05) is 32.1 Å². The first kappa shape index (κ1) is 18.3. The fourth-order valence-corrected chi connectivity index (χ4v) is 3.69. The number of aryl methyl sites for hydroxylation is 2. The Kier molecular flexibility index (Phi) is 5.18. The number of hydrogen-bond acceptors (Lipinski definition) is 8. The SMILES string of the molecule is CCc1nc(SCC(=O)Nc2nccs2)c2c(=O)n(C)c(=O)n(C)c2n1. The second-order valence-corrected chi connectivity index (χ2v) is 7.24. The van der Waals surface area contributed by atoms with Crippen LogP contribution in [0.15, 0.2) is 26.2 Å². The van der Waals surface area contributed by atoms with Crippen LogP contribution in [0.3, 0.4) is 0 Å². The lowest BCUT2D eigenvalue weighted by Gasteiger charge is -2.11. The van der Waals surface area contributed by atoms with Crippen molar-refractivity contribution in [2.45, 2.75) is 18.4 Å². The number of hydrogen-bond donors (Lipinski definition) is 1.